The highest BCUT2D eigenvalue weighted by Crippen LogP contribution is 1.90. The number of hydrogen-bond acceptors (Lipinski definition) is 5. The Kier molecular flexibility index (Phi) is 8.90. The number of carboxylic acids is 1. The predicted molar refractivity (Wildman–Crippen MR) is 56.2 cm³/mol. The SMILES string of the molecule is CC(C)OC(=O)[C@@H](C)N.C[C@@H](N)C(=O)O. The average molecular weight is 220 g/mol. The van der Waals surface area contributed by atoms with Crippen molar-refractivity contribution in [2.75, 3.05) is 0 Å². The lowest BCUT2D eigenvalue weighted by Crippen LogP contribution is -2.30. The third kappa shape index (κ3) is 12.9. The zero-order valence-corrected chi connectivity index (χ0v) is 9.56. The Balaban J connectivity index is 0. The highest BCUT2D eigenvalue weighted by atomic mass is 16.5. The summed E-state index contributed by atoms with van der Waals surface area (Å²) >= 11 is 0. The Labute approximate surface area is 89.6 Å². The van der Waals surface area contributed by atoms with Gasteiger partial charge in [-0.25, -0.2) is 0 Å². The first kappa shape index (κ1) is 16.3. The standard InChI is InChI=1S/C6H13NO2.C3H7NO2/c1-4(2)9-6(8)5(3)7;1-2(4)3(5)6/h4-5H,7H2,1-3H3;2H,4H2,1H3,(H,5,6)/t5-;2-/m11/s1. The van der Waals surface area contributed by atoms with Gasteiger partial charge in [-0.2, -0.15) is 0 Å². The summed E-state index contributed by atoms with van der Waals surface area (Å²) < 4.78 is 4.75. The predicted octanol–water partition coefficient (Wildman–Crippen LogP) is -0.297. The fraction of sp³-hybridized carbons (Fsp3) is 0.778. The fourth-order valence-electron chi connectivity index (χ4n) is 0.340. The lowest BCUT2D eigenvalue weighted by Gasteiger charge is -2.08. The minimum Gasteiger partial charge on any atom is -0.480 e. The molecule has 0 amide bonds. The summed E-state index contributed by atoms with van der Waals surface area (Å²) in [6, 6.07) is -1.24. The largest absolute Gasteiger partial charge is 0.480 e. The monoisotopic (exact) mass is 220 g/mol. The van der Waals surface area contributed by atoms with Crippen LogP contribution in [-0.4, -0.2) is 35.2 Å². The van der Waals surface area contributed by atoms with Gasteiger partial charge in [0.05, 0.1) is 6.10 Å². The highest BCUT2D eigenvalue weighted by Gasteiger charge is 2.09. The topological polar surface area (TPSA) is 116 Å². The Bertz CT molecular complexity index is 202. The molecule has 0 fully saturated rings. The summed E-state index contributed by atoms with van der Waals surface area (Å²) in [6.45, 7) is 6.60. The van der Waals surface area contributed by atoms with Crippen LogP contribution in [0.5, 0.6) is 0 Å². The molecule has 0 aromatic heterocycles. The third-order valence-electron chi connectivity index (χ3n) is 1.11. The van der Waals surface area contributed by atoms with Crippen LogP contribution in [0, 0.1) is 0 Å². The van der Waals surface area contributed by atoms with Crippen LogP contribution in [-0.2, 0) is 14.3 Å². The van der Waals surface area contributed by atoms with E-state index < -0.39 is 18.1 Å². The van der Waals surface area contributed by atoms with Gasteiger partial charge in [0.25, 0.3) is 0 Å². The Hall–Kier alpha value is -1.14. The molecular formula is C9H20N2O4. The van der Waals surface area contributed by atoms with Gasteiger partial charge in [-0.3, -0.25) is 9.59 Å². The van der Waals surface area contributed by atoms with Crippen LogP contribution in [0.1, 0.15) is 27.7 Å². The normalized spacial score (nSPS) is 13.5. The summed E-state index contributed by atoms with van der Waals surface area (Å²) in [5, 5.41) is 7.87. The highest BCUT2D eigenvalue weighted by molar-refractivity contribution is 5.75. The molecule has 15 heavy (non-hydrogen) atoms. The zero-order chi connectivity index (χ0) is 12.6. The molecule has 2 atom stereocenters. The first-order valence-electron chi connectivity index (χ1n) is 4.63. The minimum atomic E-state index is -0.963. The number of hydrogen-bond donors (Lipinski definition) is 3. The van der Waals surface area contributed by atoms with Crippen LogP contribution in [0.2, 0.25) is 0 Å². The van der Waals surface area contributed by atoms with E-state index in [9.17, 15) is 9.59 Å². The van der Waals surface area contributed by atoms with E-state index in [1.165, 1.54) is 6.92 Å². The molecule has 0 saturated heterocycles. The molecule has 0 rings (SSSR count). The van der Waals surface area contributed by atoms with Crippen molar-refractivity contribution in [1.82, 2.24) is 0 Å². The van der Waals surface area contributed by atoms with E-state index in [2.05, 4.69) is 0 Å². The molecule has 0 aromatic carbocycles. The smallest absolute Gasteiger partial charge is 0.322 e. The van der Waals surface area contributed by atoms with Crippen LogP contribution in [0.25, 0.3) is 0 Å². The number of carboxylic acid groups (broad SMARTS) is 1. The maximum atomic E-state index is 10.6. The van der Waals surface area contributed by atoms with Gasteiger partial charge < -0.3 is 21.3 Å². The summed E-state index contributed by atoms with van der Waals surface area (Å²) in [6.07, 6.45) is -0.0662. The Morgan fingerprint density at radius 3 is 1.47 bits per heavy atom. The van der Waals surface area contributed by atoms with Crippen molar-refractivity contribution in [3.05, 3.63) is 0 Å². The molecule has 90 valence electrons. The number of ether oxygens (including phenoxy) is 1. The molecular weight excluding hydrogens is 200 g/mol. The molecule has 0 aliphatic carbocycles. The number of carbonyl (C=O) groups excluding carboxylic acids is 1. The minimum absolute atomic E-state index is 0.0662. The molecule has 0 saturated carbocycles. The maximum Gasteiger partial charge on any atom is 0.322 e. The van der Waals surface area contributed by atoms with Gasteiger partial charge in [0, 0.05) is 0 Å². The van der Waals surface area contributed by atoms with E-state index in [-0.39, 0.29) is 12.1 Å². The molecule has 0 radical (unpaired) electrons. The second-order valence-electron chi connectivity index (χ2n) is 3.40. The first-order chi connectivity index (χ1) is 6.68. The quantitative estimate of drug-likeness (QED) is 0.562. The van der Waals surface area contributed by atoms with Crippen molar-refractivity contribution in [2.24, 2.45) is 11.5 Å². The molecule has 0 aliphatic heterocycles. The van der Waals surface area contributed by atoms with Crippen LogP contribution in [0.4, 0.5) is 0 Å². The Morgan fingerprint density at radius 1 is 1.07 bits per heavy atom. The molecule has 6 nitrogen and oxygen atoms in total. The van der Waals surface area contributed by atoms with E-state index >= 15 is 0 Å². The number of aliphatic carboxylic acids is 1. The van der Waals surface area contributed by atoms with Gasteiger partial charge >= 0.3 is 11.9 Å². The van der Waals surface area contributed by atoms with Crippen LogP contribution >= 0.6 is 0 Å². The van der Waals surface area contributed by atoms with Crippen LogP contribution in [0.15, 0.2) is 0 Å². The molecule has 0 aliphatic rings. The van der Waals surface area contributed by atoms with E-state index in [1.807, 2.05) is 0 Å². The van der Waals surface area contributed by atoms with E-state index in [1.54, 1.807) is 20.8 Å². The van der Waals surface area contributed by atoms with Crippen molar-refractivity contribution in [3.63, 3.8) is 0 Å². The molecule has 0 unspecified atom stereocenters. The lowest BCUT2D eigenvalue weighted by molar-refractivity contribution is -0.148. The summed E-state index contributed by atoms with van der Waals surface area (Å²) in [4.78, 5) is 20.2. The maximum absolute atomic E-state index is 10.6. The number of rotatable bonds is 3. The van der Waals surface area contributed by atoms with Crippen molar-refractivity contribution >= 4 is 11.9 Å². The van der Waals surface area contributed by atoms with Gasteiger partial charge in [0.15, 0.2) is 0 Å². The number of esters is 1. The molecule has 0 heterocycles. The Morgan fingerprint density at radius 2 is 1.40 bits per heavy atom. The van der Waals surface area contributed by atoms with Gasteiger partial charge in [-0.15, -0.1) is 0 Å². The van der Waals surface area contributed by atoms with E-state index in [0.29, 0.717) is 0 Å². The van der Waals surface area contributed by atoms with E-state index in [4.69, 9.17) is 21.3 Å². The number of nitrogens with two attached hydrogens (primary N) is 2. The third-order valence-corrected chi connectivity index (χ3v) is 1.11. The van der Waals surface area contributed by atoms with Crippen LogP contribution in [0.3, 0.4) is 0 Å². The average Bonchev–Trinajstić information content (AvgIpc) is 2.03. The first-order valence-corrected chi connectivity index (χ1v) is 4.63. The summed E-state index contributed by atoms with van der Waals surface area (Å²) in [5.74, 6) is -1.31. The van der Waals surface area contributed by atoms with Crippen molar-refractivity contribution in [2.45, 2.75) is 45.9 Å². The van der Waals surface area contributed by atoms with Gasteiger partial charge in [-0.1, -0.05) is 0 Å². The number of carbonyl (C=O) groups is 2. The molecule has 0 spiro atoms. The van der Waals surface area contributed by atoms with Gasteiger partial charge in [0.1, 0.15) is 12.1 Å². The van der Waals surface area contributed by atoms with Gasteiger partial charge in [-0.05, 0) is 27.7 Å². The second-order valence-corrected chi connectivity index (χ2v) is 3.40. The summed E-state index contributed by atoms with van der Waals surface area (Å²) in [5.41, 5.74) is 10.0. The lowest BCUT2D eigenvalue weighted by atomic mass is 10.4. The summed E-state index contributed by atoms with van der Waals surface area (Å²) in [7, 11) is 0. The van der Waals surface area contributed by atoms with Crippen molar-refractivity contribution < 1.29 is 19.4 Å². The zero-order valence-electron chi connectivity index (χ0n) is 9.56. The molecule has 5 N–H and O–H groups in total. The molecule has 0 aromatic rings. The van der Waals surface area contributed by atoms with Crippen LogP contribution < -0.4 is 11.5 Å². The van der Waals surface area contributed by atoms with E-state index in [0.717, 1.165) is 0 Å². The molecule has 6 heteroatoms. The van der Waals surface area contributed by atoms with Crippen molar-refractivity contribution in [3.8, 4) is 0 Å². The second kappa shape index (κ2) is 8.19. The van der Waals surface area contributed by atoms with Gasteiger partial charge in [0.2, 0.25) is 0 Å². The molecule has 0 bridgehead atoms. The fourth-order valence-corrected chi connectivity index (χ4v) is 0.340. The van der Waals surface area contributed by atoms with Crippen molar-refractivity contribution in [1.29, 1.82) is 0 Å².